The Balaban J connectivity index is 1.54. The summed E-state index contributed by atoms with van der Waals surface area (Å²) < 4.78 is 19.5. The van der Waals surface area contributed by atoms with Gasteiger partial charge in [-0.3, -0.25) is 4.68 Å². The molecule has 182 valence electrons. The van der Waals surface area contributed by atoms with Gasteiger partial charge >= 0.3 is 5.97 Å². The molecule has 1 aromatic heterocycles. The highest BCUT2D eigenvalue weighted by Gasteiger charge is 2.25. The van der Waals surface area contributed by atoms with Crippen molar-refractivity contribution in [1.29, 1.82) is 0 Å². The molecule has 0 N–H and O–H groups in total. The molecule has 6 nitrogen and oxygen atoms in total. The Morgan fingerprint density at radius 3 is 2.42 bits per heavy atom. The Bertz CT molecular complexity index is 884. The number of hydrogen-bond acceptors (Lipinski definition) is 5. The molecule has 0 bridgehead atoms. The van der Waals surface area contributed by atoms with Gasteiger partial charge in [-0.15, -0.1) is 0 Å². The average Bonchev–Trinajstić information content (AvgIpc) is 3.08. The molecule has 2 aromatic rings. The maximum atomic E-state index is 11.8. The van der Waals surface area contributed by atoms with Gasteiger partial charge in [0.05, 0.1) is 23.4 Å². The topological polar surface area (TPSA) is 62.6 Å². The average molecular weight is 521 g/mol. The molecule has 3 rings (SSSR count). The van der Waals surface area contributed by atoms with Crippen molar-refractivity contribution in [3.05, 3.63) is 40.5 Å². The number of rotatable bonds is 10. The number of nitrogens with zero attached hydrogens (tertiary/aromatic N) is 2. The van der Waals surface area contributed by atoms with E-state index in [0.717, 1.165) is 54.4 Å². The van der Waals surface area contributed by atoms with E-state index < -0.39 is 5.60 Å². The molecule has 1 aliphatic rings. The maximum absolute atomic E-state index is 11.8. The van der Waals surface area contributed by atoms with E-state index in [1.807, 2.05) is 39.0 Å². The fourth-order valence-corrected chi connectivity index (χ4v) is 5.06. The molecule has 1 heterocycles. The van der Waals surface area contributed by atoms with E-state index >= 15 is 0 Å². The monoisotopic (exact) mass is 520 g/mol. The van der Waals surface area contributed by atoms with E-state index in [0.29, 0.717) is 25.0 Å². The predicted molar refractivity (Wildman–Crippen MR) is 133 cm³/mol. The molecule has 0 amide bonds. The van der Waals surface area contributed by atoms with E-state index in [4.69, 9.17) is 19.3 Å². The van der Waals surface area contributed by atoms with Gasteiger partial charge in [0, 0.05) is 25.6 Å². The molecule has 1 aromatic carbocycles. The molecule has 33 heavy (non-hydrogen) atoms. The summed E-state index contributed by atoms with van der Waals surface area (Å²) in [7, 11) is 1.74. The van der Waals surface area contributed by atoms with Crippen LogP contribution in [0.15, 0.2) is 34.8 Å². The van der Waals surface area contributed by atoms with Gasteiger partial charge in [-0.1, -0.05) is 30.3 Å². The Morgan fingerprint density at radius 2 is 1.79 bits per heavy atom. The van der Waals surface area contributed by atoms with Crippen molar-refractivity contribution in [2.75, 3.05) is 26.9 Å². The minimum absolute atomic E-state index is 0.0314. The fraction of sp³-hybridized carbons (Fsp3) is 0.615. The van der Waals surface area contributed by atoms with Crippen LogP contribution in [-0.2, 0) is 32.0 Å². The zero-order valence-corrected chi connectivity index (χ0v) is 21.9. The van der Waals surface area contributed by atoms with E-state index in [1.54, 1.807) is 7.11 Å². The van der Waals surface area contributed by atoms with Crippen LogP contribution in [0.4, 0.5) is 0 Å². The summed E-state index contributed by atoms with van der Waals surface area (Å²) in [6.45, 7) is 7.84. The number of halogens is 1. The number of aromatic nitrogens is 2. The molecule has 7 heteroatoms. The second-order valence-electron chi connectivity index (χ2n) is 9.89. The van der Waals surface area contributed by atoms with Crippen LogP contribution >= 0.6 is 15.9 Å². The zero-order valence-electron chi connectivity index (χ0n) is 20.3. The fourth-order valence-electron chi connectivity index (χ4n) is 4.35. The highest BCUT2D eigenvalue weighted by atomic mass is 79.9. The summed E-state index contributed by atoms with van der Waals surface area (Å²) in [5.74, 6) is 0.794. The normalized spacial score (nSPS) is 18.9. The third-order valence-corrected chi connectivity index (χ3v) is 6.81. The van der Waals surface area contributed by atoms with Crippen LogP contribution < -0.4 is 0 Å². The molecule has 1 aliphatic carbocycles. The summed E-state index contributed by atoms with van der Waals surface area (Å²) in [5.41, 5.74) is 2.83. The molecule has 0 atom stereocenters. The Hall–Kier alpha value is -1.70. The van der Waals surface area contributed by atoms with Crippen LogP contribution in [0.5, 0.6) is 0 Å². The second-order valence-corrected chi connectivity index (χ2v) is 10.7. The van der Waals surface area contributed by atoms with Gasteiger partial charge in [0.25, 0.3) is 0 Å². The Kier molecular flexibility index (Phi) is 9.53. The van der Waals surface area contributed by atoms with E-state index in [9.17, 15) is 4.79 Å². The quantitative estimate of drug-likeness (QED) is 0.378. The van der Waals surface area contributed by atoms with Crippen molar-refractivity contribution < 1.29 is 19.0 Å². The highest BCUT2D eigenvalue weighted by molar-refractivity contribution is 9.10. The lowest BCUT2D eigenvalue weighted by Gasteiger charge is -2.28. The van der Waals surface area contributed by atoms with Crippen LogP contribution in [0.25, 0.3) is 11.3 Å². The van der Waals surface area contributed by atoms with Crippen LogP contribution in [0.3, 0.4) is 0 Å². The largest absolute Gasteiger partial charge is 0.458 e. The number of esters is 1. The van der Waals surface area contributed by atoms with Gasteiger partial charge in [-0.25, -0.2) is 4.79 Å². The van der Waals surface area contributed by atoms with E-state index in [-0.39, 0.29) is 12.6 Å². The summed E-state index contributed by atoms with van der Waals surface area (Å²) in [4.78, 5) is 11.8. The summed E-state index contributed by atoms with van der Waals surface area (Å²) in [6.07, 6.45) is 5.33. The first kappa shape index (κ1) is 25.9. The summed E-state index contributed by atoms with van der Waals surface area (Å²) in [5, 5.41) is 4.98. The summed E-state index contributed by atoms with van der Waals surface area (Å²) in [6, 6.07) is 10.3. The van der Waals surface area contributed by atoms with Crippen LogP contribution in [0.2, 0.25) is 0 Å². The van der Waals surface area contributed by atoms with Gasteiger partial charge in [-0.2, -0.15) is 5.10 Å². The van der Waals surface area contributed by atoms with Crippen molar-refractivity contribution in [1.82, 2.24) is 9.78 Å². The first-order valence-corrected chi connectivity index (χ1v) is 12.6. The lowest BCUT2D eigenvalue weighted by Crippen LogP contribution is -2.28. The lowest BCUT2D eigenvalue weighted by atomic mass is 9.82. The second kappa shape index (κ2) is 12.1. The van der Waals surface area contributed by atoms with Crippen molar-refractivity contribution in [3.8, 4) is 11.3 Å². The van der Waals surface area contributed by atoms with Gasteiger partial charge in [0.15, 0.2) is 0 Å². The highest BCUT2D eigenvalue weighted by Crippen LogP contribution is 2.34. The molecule has 0 spiro atoms. The SMILES string of the molecule is COCCc1c(Br)c(-c2ccccc2)nn1C[C@H]1CC[C@H](COCC(=O)OC(C)(C)C)CC1. The number of ether oxygens (including phenoxy) is 3. The van der Waals surface area contributed by atoms with Crippen molar-refractivity contribution in [2.24, 2.45) is 11.8 Å². The van der Waals surface area contributed by atoms with Crippen molar-refractivity contribution in [2.45, 2.75) is 65.0 Å². The molecular formula is C26H37BrN2O4. The predicted octanol–water partition coefficient (Wildman–Crippen LogP) is 5.67. The van der Waals surface area contributed by atoms with Crippen LogP contribution in [0, 0.1) is 11.8 Å². The number of benzene rings is 1. The molecule has 0 unspecified atom stereocenters. The van der Waals surface area contributed by atoms with Crippen LogP contribution in [0.1, 0.15) is 52.1 Å². The number of methoxy groups -OCH3 is 1. The van der Waals surface area contributed by atoms with Crippen molar-refractivity contribution >= 4 is 21.9 Å². The zero-order chi connectivity index (χ0) is 23.8. The standard InChI is InChI=1S/C26H37BrN2O4/c1-26(2,3)33-23(30)18-32-17-20-12-10-19(11-13-20)16-29-22(14-15-31-4)24(27)25(28-29)21-8-6-5-7-9-21/h5-9,19-20H,10-18H2,1-4H3/t19-,20-. The number of carbonyl (C=O) groups is 1. The van der Waals surface area contributed by atoms with Crippen LogP contribution in [-0.4, -0.2) is 48.3 Å². The smallest absolute Gasteiger partial charge is 0.332 e. The van der Waals surface area contributed by atoms with E-state index in [1.165, 1.54) is 5.69 Å². The Morgan fingerprint density at radius 1 is 1.12 bits per heavy atom. The van der Waals surface area contributed by atoms with Crippen molar-refractivity contribution in [3.63, 3.8) is 0 Å². The molecule has 1 saturated carbocycles. The first-order valence-electron chi connectivity index (χ1n) is 11.9. The Labute approximate surface area is 206 Å². The van der Waals surface area contributed by atoms with E-state index in [2.05, 4.69) is 32.7 Å². The number of hydrogen-bond donors (Lipinski definition) is 0. The minimum atomic E-state index is -0.470. The molecule has 0 saturated heterocycles. The molecular weight excluding hydrogens is 484 g/mol. The lowest BCUT2D eigenvalue weighted by molar-refractivity contribution is -0.160. The van der Waals surface area contributed by atoms with Gasteiger partial charge in [0.1, 0.15) is 17.9 Å². The molecule has 1 fully saturated rings. The first-order chi connectivity index (χ1) is 15.8. The number of carbonyl (C=O) groups excluding carboxylic acids is 1. The van der Waals surface area contributed by atoms with Gasteiger partial charge in [0.2, 0.25) is 0 Å². The third-order valence-electron chi connectivity index (χ3n) is 5.97. The summed E-state index contributed by atoms with van der Waals surface area (Å²) >= 11 is 3.81. The molecule has 0 aliphatic heterocycles. The van der Waals surface area contributed by atoms with Gasteiger partial charge < -0.3 is 14.2 Å². The molecule has 0 radical (unpaired) electrons. The minimum Gasteiger partial charge on any atom is -0.458 e. The maximum Gasteiger partial charge on any atom is 0.332 e. The third kappa shape index (κ3) is 7.94. The van der Waals surface area contributed by atoms with Gasteiger partial charge in [-0.05, 0) is 74.2 Å².